The summed E-state index contributed by atoms with van der Waals surface area (Å²) in [5.74, 6) is -0.593. The second kappa shape index (κ2) is 4.05. The van der Waals surface area contributed by atoms with Crippen molar-refractivity contribution in [3.05, 3.63) is 18.2 Å². The molecule has 16 heavy (non-hydrogen) atoms. The predicted octanol–water partition coefficient (Wildman–Crippen LogP) is -1.09. The lowest BCUT2D eigenvalue weighted by molar-refractivity contribution is 0.0975. The Bertz CT molecular complexity index is 447. The van der Waals surface area contributed by atoms with Crippen molar-refractivity contribution in [2.24, 2.45) is 0 Å². The van der Waals surface area contributed by atoms with Gasteiger partial charge in [0.15, 0.2) is 5.82 Å². The number of hydrogen-bond acceptors (Lipinski definition) is 4. The van der Waals surface area contributed by atoms with Crippen LogP contribution in [0.4, 0.5) is 0 Å². The topological polar surface area (TPSA) is 164 Å². The average Bonchev–Trinajstić information content (AvgIpc) is 2.49. The second-order valence-corrected chi connectivity index (χ2v) is 6.59. The Morgan fingerprint density at radius 3 is 2.19 bits per heavy atom. The van der Waals surface area contributed by atoms with Gasteiger partial charge in [-0.3, -0.25) is 9.13 Å². The van der Waals surface area contributed by atoms with E-state index in [0.717, 1.165) is 12.4 Å². The van der Waals surface area contributed by atoms with Crippen LogP contribution in [0.3, 0.4) is 0 Å². The molecular weight excluding hydrogens is 262 g/mol. The van der Waals surface area contributed by atoms with Gasteiger partial charge in [0.05, 0.1) is 6.16 Å². The van der Waals surface area contributed by atoms with Crippen molar-refractivity contribution in [1.82, 2.24) is 9.97 Å². The zero-order chi connectivity index (χ0) is 12.6. The Balaban J connectivity index is 3.25. The monoisotopic (exact) mass is 272 g/mol. The third kappa shape index (κ3) is 2.78. The number of hydrogen-bond donors (Lipinski definition) is 6. The molecule has 92 valence electrons. The highest BCUT2D eigenvalue weighted by Gasteiger charge is 2.53. The standard InChI is InChI=1S/C5H10N2O7P2/c8-5(16(12,13)14,3-15(9,10)11)4-6-1-2-7-4/h1-2,8H,3H2,(H,6,7)(H2,9,10,11)(H2,12,13,14). The summed E-state index contributed by atoms with van der Waals surface area (Å²) in [6.45, 7) is 0. The van der Waals surface area contributed by atoms with Crippen LogP contribution in [0.25, 0.3) is 0 Å². The highest BCUT2D eigenvalue weighted by Crippen LogP contribution is 2.59. The summed E-state index contributed by atoms with van der Waals surface area (Å²) < 4.78 is 21.8. The smallest absolute Gasteiger partial charge is 0.365 e. The van der Waals surface area contributed by atoms with Crippen LogP contribution in [0, 0.1) is 0 Å². The van der Waals surface area contributed by atoms with Crippen LogP contribution in [0.2, 0.25) is 0 Å². The van der Waals surface area contributed by atoms with Crippen LogP contribution in [-0.4, -0.2) is 40.8 Å². The number of nitrogens with zero attached hydrogens (tertiary/aromatic N) is 1. The van der Waals surface area contributed by atoms with Crippen LogP contribution >= 0.6 is 15.2 Å². The van der Waals surface area contributed by atoms with Crippen molar-refractivity contribution in [2.45, 2.75) is 5.34 Å². The quantitative estimate of drug-likeness (QED) is 0.376. The molecule has 0 aliphatic carbocycles. The number of aliphatic hydroxyl groups is 1. The molecule has 0 aliphatic rings. The molecule has 1 aromatic rings. The Kier molecular flexibility index (Phi) is 3.42. The molecule has 0 saturated heterocycles. The van der Waals surface area contributed by atoms with Gasteiger partial charge in [-0.2, -0.15) is 0 Å². The fourth-order valence-corrected chi connectivity index (χ4v) is 3.49. The Labute approximate surface area is 89.5 Å². The lowest BCUT2D eigenvalue weighted by atomic mass is 10.4. The van der Waals surface area contributed by atoms with Gasteiger partial charge in [-0.1, -0.05) is 0 Å². The van der Waals surface area contributed by atoms with E-state index in [2.05, 4.69) is 9.97 Å². The summed E-state index contributed by atoms with van der Waals surface area (Å²) in [5.41, 5.74) is 0. The van der Waals surface area contributed by atoms with Crippen LogP contribution in [0.15, 0.2) is 12.4 Å². The highest BCUT2D eigenvalue weighted by atomic mass is 31.2. The van der Waals surface area contributed by atoms with Crippen LogP contribution in [-0.2, 0) is 14.5 Å². The van der Waals surface area contributed by atoms with Gasteiger partial charge in [0.25, 0.3) is 0 Å². The van der Waals surface area contributed by atoms with Crippen molar-refractivity contribution < 1.29 is 33.8 Å². The molecule has 6 N–H and O–H groups in total. The Hall–Kier alpha value is -0.530. The lowest BCUT2D eigenvalue weighted by Gasteiger charge is -2.26. The van der Waals surface area contributed by atoms with E-state index in [1.807, 2.05) is 0 Å². The minimum absolute atomic E-state index is 0.593. The second-order valence-electron chi connectivity index (χ2n) is 3.12. The minimum atomic E-state index is -5.20. The molecule has 9 nitrogen and oxygen atoms in total. The van der Waals surface area contributed by atoms with Crippen molar-refractivity contribution in [1.29, 1.82) is 0 Å². The molecule has 0 saturated carbocycles. The summed E-state index contributed by atoms with van der Waals surface area (Å²) >= 11 is 0. The van der Waals surface area contributed by atoms with E-state index in [1.54, 1.807) is 0 Å². The first kappa shape index (κ1) is 13.5. The molecule has 0 radical (unpaired) electrons. The number of H-pyrrole nitrogens is 1. The molecule has 1 heterocycles. The summed E-state index contributed by atoms with van der Waals surface area (Å²) in [6.07, 6.45) is 0.836. The number of nitrogens with one attached hydrogen (secondary N) is 1. The van der Waals surface area contributed by atoms with Gasteiger partial charge in [0.2, 0.25) is 5.34 Å². The van der Waals surface area contributed by atoms with Crippen molar-refractivity contribution in [2.75, 3.05) is 6.16 Å². The first-order valence-electron chi connectivity index (χ1n) is 3.89. The van der Waals surface area contributed by atoms with Gasteiger partial charge in [0, 0.05) is 12.4 Å². The normalized spacial score (nSPS) is 17.1. The average molecular weight is 272 g/mol. The number of imidazole rings is 1. The summed E-state index contributed by atoms with van der Waals surface area (Å²) in [7, 11) is -10.0. The number of rotatable bonds is 4. The zero-order valence-electron chi connectivity index (χ0n) is 7.76. The van der Waals surface area contributed by atoms with Crippen molar-refractivity contribution in [3.8, 4) is 0 Å². The van der Waals surface area contributed by atoms with E-state index in [1.165, 1.54) is 0 Å². The van der Waals surface area contributed by atoms with E-state index >= 15 is 0 Å². The van der Waals surface area contributed by atoms with Gasteiger partial charge in [-0.25, -0.2) is 4.98 Å². The molecule has 0 aliphatic heterocycles. The third-order valence-corrected chi connectivity index (χ3v) is 4.24. The molecule has 1 atom stereocenters. The summed E-state index contributed by atoms with van der Waals surface area (Å²) in [5, 5.41) is 6.68. The van der Waals surface area contributed by atoms with E-state index in [9.17, 15) is 14.2 Å². The Morgan fingerprint density at radius 1 is 1.31 bits per heavy atom. The van der Waals surface area contributed by atoms with E-state index < -0.39 is 32.5 Å². The molecule has 1 aromatic heterocycles. The van der Waals surface area contributed by atoms with Gasteiger partial charge in [-0.05, 0) is 0 Å². The molecule has 0 fully saturated rings. The predicted molar refractivity (Wildman–Crippen MR) is 51.4 cm³/mol. The molecule has 11 heteroatoms. The van der Waals surface area contributed by atoms with Gasteiger partial charge < -0.3 is 29.7 Å². The molecule has 0 aromatic carbocycles. The lowest BCUT2D eigenvalue weighted by Crippen LogP contribution is -2.31. The van der Waals surface area contributed by atoms with Gasteiger partial charge in [0.1, 0.15) is 0 Å². The summed E-state index contributed by atoms with van der Waals surface area (Å²) in [4.78, 5) is 40.8. The van der Waals surface area contributed by atoms with E-state index in [4.69, 9.17) is 19.6 Å². The fraction of sp³-hybridized carbons (Fsp3) is 0.400. The van der Waals surface area contributed by atoms with Gasteiger partial charge in [-0.15, -0.1) is 0 Å². The Morgan fingerprint density at radius 2 is 1.88 bits per heavy atom. The maximum absolute atomic E-state index is 11.1. The molecule has 0 spiro atoms. The molecular formula is C5H10N2O7P2. The summed E-state index contributed by atoms with van der Waals surface area (Å²) in [6, 6.07) is 0. The number of aromatic amines is 1. The SMILES string of the molecule is O=P(O)(O)CC(O)(c1ncc[nH]1)P(=O)(O)O. The highest BCUT2D eigenvalue weighted by molar-refractivity contribution is 7.56. The minimum Gasteiger partial charge on any atom is -0.370 e. The molecule has 0 bridgehead atoms. The molecule has 1 unspecified atom stereocenters. The maximum Gasteiger partial charge on any atom is 0.365 e. The number of aromatic nitrogens is 2. The van der Waals surface area contributed by atoms with Gasteiger partial charge >= 0.3 is 15.2 Å². The third-order valence-electron chi connectivity index (χ3n) is 1.79. The zero-order valence-corrected chi connectivity index (χ0v) is 9.54. The van der Waals surface area contributed by atoms with Crippen LogP contribution in [0.5, 0.6) is 0 Å². The van der Waals surface area contributed by atoms with Crippen molar-refractivity contribution >= 4 is 15.2 Å². The van der Waals surface area contributed by atoms with E-state index in [-0.39, 0.29) is 0 Å². The maximum atomic E-state index is 11.1. The molecule has 1 rings (SSSR count). The van der Waals surface area contributed by atoms with Crippen LogP contribution in [0.1, 0.15) is 5.82 Å². The van der Waals surface area contributed by atoms with Crippen LogP contribution < -0.4 is 0 Å². The van der Waals surface area contributed by atoms with E-state index in [0.29, 0.717) is 0 Å². The molecule has 0 amide bonds. The fourth-order valence-electron chi connectivity index (χ4n) is 1.08. The van der Waals surface area contributed by atoms with Crippen molar-refractivity contribution in [3.63, 3.8) is 0 Å². The first-order valence-corrected chi connectivity index (χ1v) is 7.30. The first-order chi connectivity index (χ1) is 7.06. The largest absolute Gasteiger partial charge is 0.370 e.